The Kier molecular flexibility index (Phi) is 4.69. The Hall–Kier alpha value is -3.43. The van der Waals surface area contributed by atoms with Crippen LogP contribution in [0.2, 0.25) is 0 Å². The van der Waals surface area contributed by atoms with Gasteiger partial charge in [0.05, 0.1) is 22.5 Å². The largest absolute Gasteiger partial charge is 0.508 e. The highest BCUT2D eigenvalue weighted by molar-refractivity contribution is 7.89. The number of phenols is 1. The van der Waals surface area contributed by atoms with Crippen molar-refractivity contribution in [2.24, 2.45) is 5.14 Å². The van der Waals surface area contributed by atoms with Crippen LogP contribution in [0.25, 0.3) is 16.9 Å². The third kappa shape index (κ3) is 3.91. The lowest BCUT2D eigenvalue weighted by atomic mass is 10.1. The molecule has 2 aromatic carbocycles. The molecule has 8 nitrogen and oxygen atoms in total. The third-order valence-electron chi connectivity index (χ3n) is 4.46. The van der Waals surface area contributed by atoms with E-state index < -0.39 is 10.0 Å². The van der Waals surface area contributed by atoms with Crippen LogP contribution in [0.4, 0.5) is 5.82 Å². The third-order valence-corrected chi connectivity index (χ3v) is 5.37. The summed E-state index contributed by atoms with van der Waals surface area (Å²) < 4.78 is 25.0. The maximum Gasteiger partial charge on any atom is 0.238 e. The molecular formula is C20H19N5O3S. The van der Waals surface area contributed by atoms with Gasteiger partial charge in [0, 0.05) is 18.3 Å². The van der Waals surface area contributed by atoms with Crippen molar-refractivity contribution in [3.05, 3.63) is 72.2 Å². The van der Waals surface area contributed by atoms with Crippen molar-refractivity contribution in [3.8, 4) is 17.0 Å². The van der Waals surface area contributed by atoms with Gasteiger partial charge in [0.25, 0.3) is 0 Å². The molecule has 0 fully saturated rings. The lowest BCUT2D eigenvalue weighted by molar-refractivity contribution is 0.475. The molecule has 4 aromatic rings. The summed E-state index contributed by atoms with van der Waals surface area (Å²) in [6, 6.07) is 13.3. The lowest BCUT2D eigenvalue weighted by Crippen LogP contribution is -2.13. The molecule has 148 valence electrons. The standard InChI is InChI=1S/C20H19N5O3S/c1-13-12-25-18(15-5-7-16(26)8-6-15)11-23-20(25)19(24-13)22-10-14-3-2-4-17(9-14)29(21,27)28/h2-9,11-12,26H,10H2,1H3,(H,22,24)(H2,21,27,28). The number of aromatic hydroxyl groups is 1. The monoisotopic (exact) mass is 409 g/mol. The number of fused-ring (bicyclic) bond motifs is 1. The molecule has 0 amide bonds. The molecule has 0 atom stereocenters. The Morgan fingerprint density at radius 1 is 1.17 bits per heavy atom. The highest BCUT2D eigenvalue weighted by Gasteiger charge is 2.13. The van der Waals surface area contributed by atoms with Gasteiger partial charge in [-0.2, -0.15) is 0 Å². The zero-order valence-corrected chi connectivity index (χ0v) is 16.4. The second-order valence-corrected chi connectivity index (χ2v) is 8.22. The zero-order valence-electron chi connectivity index (χ0n) is 15.6. The van der Waals surface area contributed by atoms with E-state index in [1.807, 2.05) is 35.7 Å². The number of rotatable bonds is 5. The topological polar surface area (TPSA) is 123 Å². The first-order valence-electron chi connectivity index (χ1n) is 8.81. The molecule has 0 saturated carbocycles. The van der Waals surface area contributed by atoms with Crippen molar-refractivity contribution in [1.82, 2.24) is 14.4 Å². The van der Waals surface area contributed by atoms with Crippen LogP contribution < -0.4 is 10.5 Å². The minimum atomic E-state index is -3.76. The molecule has 0 radical (unpaired) electrons. The fourth-order valence-electron chi connectivity index (χ4n) is 3.09. The van der Waals surface area contributed by atoms with Gasteiger partial charge in [0.2, 0.25) is 10.0 Å². The number of nitrogens with one attached hydrogen (secondary N) is 1. The van der Waals surface area contributed by atoms with Crippen molar-refractivity contribution in [1.29, 1.82) is 0 Å². The summed E-state index contributed by atoms with van der Waals surface area (Å²) >= 11 is 0. The molecule has 0 aliphatic rings. The predicted molar refractivity (Wildman–Crippen MR) is 110 cm³/mol. The van der Waals surface area contributed by atoms with Gasteiger partial charge in [-0.1, -0.05) is 12.1 Å². The van der Waals surface area contributed by atoms with Gasteiger partial charge in [-0.05, 0) is 48.9 Å². The first-order chi connectivity index (χ1) is 13.8. The van der Waals surface area contributed by atoms with Gasteiger partial charge in [-0.3, -0.25) is 4.40 Å². The summed E-state index contributed by atoms with van der Waals surface area (Å²) in [7, 11) is -3.76. The predicted octanol–water partition coefficient (Wildman–Crippen LogP) is 2.67. The minimum Gasteiger partial charge on any atom is -0.508 e. The number of anilines is 1. The van der Waals surface area contributed by atoms with E-state index in [1.165, 1.54) is 12.1 Å². The van der Waals surface area contributed by atoms with Gasteiger partial charge < -0.3 is 10.4 Å². The maximum absolute atomic E-state index is 11.6. The van der Waals surface area contributed by atoms with Crippen LogP contribution in [0.15, 0.2) is 65.8 Å². The molecule has 0 bridgehead atoms. The van der Waals surface area contributed by atoms with Crippen molar-refractivity contribution in [3.63, 3.8) is 0 Å². The van der Waals surface area contributed by atoms with Crippen LogP contribution in [0.5, 0.6) is 5.75 Å². The molecule has 9 heteroatoms. The van der Waals surface area contributed by atoms with Crippen LogP contribution in [0, 0.1) is 6.92 Å². The minimum absolute atomic E-state index is 0.0644. The van der Waals surface area contributed by atoms with Gasteiger partial charge in [0.1, 0.15) is 5.75 Å². The molecule has 29 heavy (non-hydrogen) atoms. The van der Waals surface area contributed by atoms with E-state index >= 15 is 0 Å². The highest BCUT2D eigenvalue weighted by Crippen LogP contribution is 2.26. The molecule has 4 rings (SSSR count). The van der Waals surface area contributed by atoms with Gasteiger partial charge in [0.15, 0.2) is 11.5 Å². The Labute approximate surface area is 167 Å². The molecule has 0 spiro atoms. The van der Waals surface area contributed by atoms with E-state index in [0.29, 0.717) is 18.0 Å². The number of primary sulfonamides is 1. The van der Waals surface area contributed by atoms with E-state index in [2.05, 4.69) is 15.3 Å². The van der Waals surface area contributed by atoms with Crippen LogP contribution in [-0.2, 0) is 16.6 Å². The van der Waals surface area contributed by atoms with Crippen LogP contribution in [0.3, 0.4) is 0 Å². The van der Waals surface area contributed by atoms with Crippen molar-refractivity contribution < 1.29 is 13.5 Å². The number of nitrogens with two attached hydrogens (primary N) is 1. The number of aromatic nitrogens is 3. The smallest absolute Gasteiger partial charge is 0.238 e. The molecule has 2 aromatic heterocycles. The number of imidazole rings is 1. The highest BCUT2D eigenvalue weighted by atomic mass is 32.2. The second-order valence-electron chi connectivity index (χ2n) is 6.66. The first-order valence-corrected chi connectivity index (χ1v) is 10.4. The van der Waals surface area contributed by atoms with E-state index in [0.717, 1.165) is 22.5 Å². The number of hydrogen-bond donors (Lipinski definition) is 3. The molecule has 2 heterocycles. The number of phenolic OH excluding ortho intramolecular Hbond substituents is 1. The van der Waals surface area contributed by atoms with Crippen LogP contribution in [0.1, 0.15) is 11.3 Å². The summed E-state index contributed by atoms with van der Waals surface area (Å²) in [5.41, 5.74) is 3.96. The number of nitrogens with zero attached hydrogens (tertiary/aromatic N) is 3. The number of hydrogen-bond acceptors (Lipinski definition) is 6. The molecule has 4 N–H and O–H groups in total. The molecule has 0 aliphatic heterocycles. The van der Waals surface area contributed by atoms with Gasteiger partial charge >= 0.3 is 0 Å². The van der Waals surface area contributed by atoms with E-state index in [4.69, 9.17) is 5.14 Å². The van der Waals surface area contributed by atoms with Crippen LogP contribution >= 0.6 is 0 Å². The van der Waals surface area contributed by atoms with Crippen molar-refractivity contribution in [2.75, 3.05) is 5.32 Å². The quantitative estimate of drug-likeness (QED) is 0.466. The SMILES string of the molecule is Cc1cn2c(-c3ccc(O)cc3)cnc2c(NCc2cccc(S(N)(=O)=O)c2)n1. The van der Waals surface area contributed by atoms with Gasteiger partial charge in [-0.15, -0.1) is 0 Å². The Balaban J connectivity index is 1.67. The number of aryl methyl sites for hydroxylation is 1. The molecule has 0 unspecified atom stereocenters. The molecular weight excluding hydrogens is 390 g/mol. The summed E-state index contributed by atoms with van der Waals surface area (Å²) in [6.07, 6.45) is 3.63. The number of sulfonamides is 1. The van der Waals surface area contributed by atoms with Crippen LogP contribution in [-0.4, -0.2) is 27.9 Å². The van der Waals surface area contributed by atoms with E-state index in [-0.39, 0.29) is 10.6 Å². The second kappa shape index (κ2) is 7.19. The maximum atomic E-state index is 11.6. The Bertz CT molecular complexity index is 1300. The van der Waals surface area contributed by atoms with E-state index in [1.54, 1.807) is 24.4 Å². The van der Waals surface area contributed by atoms with Crippen molar-refractivity contribution >= 4 is 21.5 Å². The Morgan fingerprint density at radius 2 is 1.93 bits per heavy atom. The summed E-state index contributed by atoms with van der Waals surface area (Å²) in [5.74, 6) is 0.778. The summed E-state index contributed by atoms with van der Waals surface area (Å²) in [6.45, 7) is 2.24. The zero-order chi connectivity index (χ0) is 20.6. The fraction of sp³-hybridized carbons (Fsp3) is 0.100. The first kappa shape index (κ1) is 18.9. The van der Waals surface area contributed by atoms with Crippen molar-refractivity contribution in [2.45, 2.75) is 18.4 Å². The summed E-state index contributed by atoms with van der Waals surface area (Å²) in [4.78, 5) is 9.08. The number of benzene rings is 2. The fourth-order valence-corrected chi connectivity index (χ4v) is 3.68. The van der Waals surface area contributed by atoms with Gasteiger partial charge in [-0.25, -0.2) is 23.5 Å². The Morgan fingerprint density at radius 3 is 2.66 bits per heavy atom. The average Bonchev–Trinajstić information content (AvgIpc) is 3.10. The van der Waals surface area contributed by atoms with E-state index in [9.17, 15) is 13.5 Å². The molecule has 0 aliphatic carbocycles. The lowest BCUT2D eigenvalue weighted by Gasteiger charge is -2.10. The average molecular weight is 409 g/mol. The normalized spacial score (nSPS) is 11.7. The summed E-state index contributed by atoms with van der Waals surface area (Å²) in [5, 5.41) is 17.9. The molecule has 0 saturated heterocycles.